The number of ether oxygens (including phenoxy) is 1. The Kier molecular flexibility index (Phi) is 5.99. The Morgan fingerprint density at radius 3 is 3.12 bits per heavy atom. The van der Waals surface area contributed by atoms with Crippen LogP contribution >= 0.6 is 11.3 Å². The number of nitrogens with one attached hydrogen (secondary N) is 1. The number of amides is 1. The number of hydrogen-bond donors (Lipinski definition) is 2. The minimum Gasteiger partial charge on any atom is -0.375 e. The molecule has 0 radical (unpaired) electrons. The van der Waals surface area contributed by atoms with E-state index < -0.39 is 0 Å². The van der Waals surface area contributed by atoms with Crippen molar-refractivity contribution in [1.29, 1.82) is 0 Å². The first kappa shape index (κ1) is 13.1. The first-order valence-corrected chi connectivity index (χ1v) is 6.19. The topological polar surface area (TPSA) is 77.2 Å². The fourth-order valence-corrected chi connectivity index (χ4v) is 1.87. The first-order chi connectivity index (χ1) is 7.77. The molecule has 0 aliphatic heterocycles. The van der Waals surface area contributed by atoms with Crippen molar-refractivity contribution in [2.45, 2.75) is 32.8 Å². The Morgan fingerprint density at radius 1 is 1.62 bits per heavy atom. The summed E-state index contributed by atoms with van der Waals surface area (Å²) in [6.45, 7) is 3.35. The van der Waals surface area contributed by atoms with E-state index in [1.807, 2.05) is 10.8 Å². The molecule has 0 aromatic carbocycles. The molecule has 0 bridgehead atoms. The van der Waals surface area contributed by atoms with Gasteiger partial charge in [-0.15, -0.1) is 11.3 Å². The number of nitrogen functional groups attached to an aromatic ring is 1. The molecule has 3 N–H and O–H groups in total. The van der Waals surface area contributed by atoms with Gasteiger partial charge in [-0.25, -0.2) is 10.8 Å². The number of hydrogen-bond acceptors (Lipinski definition) is 5. The summed E-state index contributed by atoms with van der Waals surface area (Å²) in [5, 5.41) is 2.18. The highest BCUT2D eigenvalue weighted by Crippen LogP contribution is 2.10. The SMILES string of the molecule is CCCCCOCc1csc(C(=O)NN)n1. The minimum absolute atomic E-state index is 0.359. The third kappa shape index (κ3) is 4.26. The van der Waals surface area contributed by atoms with Gasteiger partial charge in [-0.2, -0.15) is 0 Å². The molecule has 0 unspecified atom stereocenters. The van der Waals surface area contributed by atoms with E-state index >= 15 is 0 Å². The Balaban J connectivity index is 2.27. The van der Waals surface area contributed by atoms with Gasteiger partial charge in [0, 0.05) is 12.0 Å². The lowest BCUT2D eigenvalue weighted by atomic mass is 10.3. The molecule has 16 heavy (non-hydrogen) atoms. The molecule has 0 saturated carbocycles. The summed E-state index contributed by atoms with van der Waals surface area (Å²) in [4.78, 5) is 15.2. The van der Waals surface area contributed by atoms with E-state index in [0.717, 1.165) is 18.7 Å². The van der Waals surface area contributed by atoms with E-state index in [-0.39, 0.29) is 5.91 Å². The van der Waals surface area contributed by atoms with Crippen LogP contribution < -0.4 is 11.3 Å². The smallest absolute Gasteiger partial charge is 0.294 e. The van der Waals surface area contributed by atoms with Gasteiger partial charge in [0.15, 0.2) is 5.01 Å². The summed E-state index contributed by atoms with van der Waals surface area (Å²) >= 11 is 1.27. The zero-order chi connectivity index (χ0) is 11.8. The van der Waals surface area contributed by atoms with Crippen molar-refractivity contribution < 1.29 is 9.53 Å². The van der Waals surface area contributed by atoms with Gasteiger partial charge in [0.1, 0.15) is 0 Å². The third-order valence-corrected chi connectivity index (χ3v) is 2.91. The Morgan fingerprint density at radius 2 is 2.44 bits per heavy atom. The Bertz CT molecular complexity index is 328. The molecule has 1 heterocycles. The molecule has 0 aliphatic carbocycles. The molecule has 0 saturated heterocycles. The molecule has 5 nitrogen and oxygen atoms in total. The fourth-order valence-electron chi connectivity index (χ4n) is 1.17. The molecule has 1 rings (SSSR count). The van der Waals surface area contributed by atoms with Crippen molar-refractivity contribution in [3.8, 4) is 0 Å². The minimum atomic E-state index is -0.359. The molecule has 1 amide bonds. The molecule has 0 fully saturated rings. The highest BCUT2D eigenvalue weighted by molar-refractivity contribution is 7.11. The van der Waals surface area contributed by atoms with E-state index in [2.05, 4.69) is 11.9 Å². The van der Waals surface area contributed by atoms with Crippen molar-refractivity contribution in [3.05, 3.63) is 16.1 Å². The molecular formula is C10H17N3O2S. The Labute approximate surface area is 99.0 Å². The average Bonchev–Trinajstić information content (AvgIpc) is 2.76. The number of thiazole rings is 1. The van der Waals surface area contributed by atoms with E-state index in [1.54, 1.807) is 0 Å². The molecular weight excluding hydrogens is 226 g/mol. The van der Waals surface area contributed by atoms with Crippen molar-refractivity contribution in [2.24, 2.45) is 5.84 Å². The molecule has 0 atom stereocenters. The summed E-state index contributed by atoms with van der Waals surface area (Å²) < 4.78 is 5.43. The average molecular weight is 243 g/mol. The second kappa shape index (κ2) is 7.32. The van der Waals surface area contributed by atoms with Crippen molar-refractivity contribution in [2.75, 3.05) is 6.61 Å². The van der Waals surface area contributed by atoms with E-state index in [0.29, 0.717) is 11.6 Å². The van der Waals surface area contributed by atoms with Gasteiger partial charge in [0.25, 0.3) is 5.91 Å². The molecule has 1 aromatic rings. The predicted molar refractivity (Wildman–Crippen MR) is 62.9 cm³/mol. The molecule has 6 heteroatoms. The maximum atomic E-state index is 11.1. The van der Waals surface area contributed by atoms with Gasteiger partial charge in [-0.05, 0) is 6.42 Å². The van der Waals surface area contributed by atoms with Crippen LogP contribution in [0, 0.1) is 0 Å². The van der Waals surface area contributed by atoms with Gasteiger partial charge in [0.05, 0.1) is 12.3 Å². The van der Waals surface area contributed by atoms with Crippen molar-refractivity contribution in [1.82, 2.24) is 10.4 Å². The lowest BCUT2D eigenvalue weighted by molar-refractivity contribution is 0.0951. The van der Waals surface area contributed by atoms with E-state index in [1.165, 1.54) is 24.2 Å². The predicted octanol–water partition coefficient (Wildman–Crippen LogP) is 1.45. The van der Waals surface area contributed by atoms with Crippen LogP contribution in [-0.4, -0.2) is 17.5 Å². The lowest BCUT2D eigenvalue weighted by Crippen LogP contribution is -2.29. The van der Waals surface area contributed by atoms with Crippen LogP contribution in [0.4, 0.5) is 0 Å². The number of carbonyl (C=O) groups is 1. The van der Waals surface area contributed by atoms with Gasteiger partial charge in [-0.1, -0.05) is 19.8 Å². The standard InChI is InChI=1S/C10H17N3O2S/c1-2-3-4-5-15-6-8-7-16-10(12-8)9(14)13-11/h7H,2-6,11H2,1H3,(H,13,14). The highest BCUT2D eigenvalue weighted by atomic mass is 32.1. The number of unbranched alkanes of at least 4 members (excludes halogenated alkanes) is 2. The van der Waals surface area contributed by atoms with Crippen LogP contribution in [0.1, 0.15) is 41.7 Å². The summed E-state index contributed by atoms with van der Waals surface area (Å²) in [6.07, 6.45) is 3.43. The van der Waals surface area contributed by atoms with Gasteiger partial charge < -0.3 is 4.74 Å². The van der Waals surface area contributed by atoms with Crippen LogP contribution in [0.3, 0.4) is 0 Å². The molecule has 1 aromatic heterocycles. The van der Waals surface area contributed by atoms with Crippen molar-refractivity contribution >= 4 is 17.2 Å². The zero-order valence-corrected chi connectivity index (χ0v) is 10.2. The molecule has 90 valence electrons. The number of nitrogens with two attached hydrogens (primary N) is 1. The van der Waals surface area contributed by atoms with Crippen LogP contribution in [-0.2, 0) is 11.3 Å². The summed E-state index contributed by atoms with van der Waals surface area (Å²) in [6, 6.07) is 0. The summed E-state index contributed by atoms with van der Waals surface area (Å²) in [7, 11) is 0. The monoisotopic (exact) mass is 243 g/mol. The van der Waals surface area contributed by atoms with Crippen molar-refractivity contribution in [3.63, 3.8) is 0 Å². The van der Waals surface area contributed by atoms with Gasteiger partial charge in [-0.3, -0.25) is 10.2 Å². The molecule has 0 spiro atoms. The van der Waals surface area contributed by atoms with E-state index in [9.17, 15) is 4.79 Å². The quantitative estimate of drug-likeness (QED) is 0.329. The van der Waals surface area contributed by atoms with Crippen LogP contribution in [0.5, 0.6) is 0 Å². The number of rotatable bonds is 7. The number of aromatic nitrogens is 1. The van der Waals surface area contributed by atoms with Crippen LogP contribution in [0.25, 0.3) is 0 Å². The summed E-state index contributed by atoms with van der Waals surface area (Å²) in [5.41, 5.74) is 2.82. The largest absolute Gasteiger partial charge is 0.375 e. The Hall–Kier alpha value is -0.980. The maximum Gasteiger partial charge on any atom is 0.294 e. The van der Waals surface area contributed by atoms with Crippen LogP contribution in [0.15, 0.2) is 5.38 Å². The maximum absolute atomic E-state index is 11.1. The highest BCUT2D eigenvalue weighted by Gasteiger charge is 2.08. The zero-order valence-electron chi connectivity index (χ0n) is 9.36. The normalized spacial score (nSPS) is 10.4. The first-order valence-electron chi connectivity index (χ1n) is 5.31. The van der Waals surface area contributed by atoms with Gasteiger partial charge >= 0.3 is 0 Å². The molecule has 0 aliphatic rings. The second-order valence-electron chi connectivity index (χ2n) is 3.38. The number of nitrogens with zero attached hydrogens (tertiary/aromatic N) is 1. The third-order valence-electron chi connectivity index (χ3n) is 2.02. The fraction of sp³-hybridized carbons (Fsp3) is 0.600. The van der Waals surface area contributed by atoms with Crippen LogP contribution in [0.2, 0.25) is 0 Å². The number of hydrazine groups is 1. The number of carbonyl (C=O) groups excluding carboxylic acids is 1. The second-order valence-corrected chi connectivity index (χ2v) is 4.24. The summed E-state index contributed by atoms with van der Waals surface area (Å²) in [5.74, 6) is 4.65. The van der Waals surface area contributed by atoms with Gasteiger partial charge in [0.2, 0.25) is 0 Å². The van der Waals surface area contributed by atoms with E-state index in [4.69, 9.17) is 10.6 Å². The lowest BCUT2D eigenvalue weighted by Gasteiger charge is -2.00.